The molecule has 0 saturated carbocycles. The Labute approximate surface area is 132 Å². The lowest BCUT2D eigenvalue weighted by Gasteiger charge is -2.17. The van der Waals surface area contributed by atoms with Crippen molar-refractivity contribution in [2.45, 2.75) is 24.2 Å². The third kappa shape index (κ3) is 4.39. The molecule has 21 heavy (non-hydrogen) atoms. The Kier molecular flexibility index (Phi) is 5.51. The minimum Gasteiger partial charge on any atom is -0.349 e. The van der Waals surface area contributed by atoms with Crippen molar-refractivity contribution < 1.29 is 9.18 Å². The van der Waals surface area contributed by atoms with Gasteiger partial charge in [-0.2, -0.15) is 0 Å². The molecule has 0 bridgehead atoms. The number of nitrogens with one attached hydrogen (secondary N) is 1. The maximum absolute atomic E-state index is 13.6. The highest BCUT2D eigenvalue weighted by Crippen LogP contribution is 2.16. The van der Waals surface area contributed by atoms with E-state index in [1.807, 2.05) is 37.3 Å². The second-order valence-corrected chi connectivity index (χ2v) is 6.01. The van der Waals surface area contributed by atoms with Gasteiger partial charge in [-0.3, -0.25) is 4.79 Å². The molecule has 0 aliphatic carbocycles. The second-order valence-electron chi connectivity index (χ2n) is 4.90. The number of halogens is 2. The van der Waals surface area contributed by atoms with Crippen molar-refractivity contribution in [3.8, 4) is 0 Å². The van der Waals surface area contributed by atoms with Gasteiger partial charge in [0.1, 0.15) is 5.82 Å². The molecule has 0 fully saturated rings. The minimum absolute atomic E-state index is 0.0839. The zero-order chi connectivity index (χ0) is 15.2. The maximum Gasteiger partial charge on any atom is 0.234 e. The Hall–Kier alpha value is -1.68. The van der Waals surface area contributed by atoms with Crippen LogP contribution < -0.4 is 5.32 Å². The van der Waals surface area contributed by atoms with Crippen LogP contribution in [0.5, 0.6) is 0 Å². The topological polar surface area (TPSA) is 29.1 Å². The lowest BCUT2D eigenvalue weighted by molar-refractivity contribution is -0.121. The molecule has 0 radical (unpaired) electrons. The van der Waals surface area contributed by atoms with E-state index >= 15 is 0 Å². The van der Waals surface area contributed by atoms with E-state index in [4.69, 9.17) is 0 Å². The SMILES string of the molecule is CC(NC(=O)C(Br)Cc1ccccc1F)c1ccccc1. The number of rotatable bonds is 5. The molecule has 0 aliphatic rings. The summed E-state index contributed by atoms with van der Waals surface area (Å²) < 4.78 is 13.6. The summed E-state index contributed by atoms with van der Waals surface area (Å²) in [6.45, 7) is 1.93. The number of hydrogen-bond donors (Lipinski definition) is 1. The molecule has 0 aliphatic heterocycles. The molecule has 0 aromatic heterocycles. The van der Waals surface area contributed by atoms with E-state index in [9.17, 15) is 9.18 Å². The average molecular weight is 350 g/mol. The van der Waals surface area contributed by atoms with Crippen LogP contribution in [0.25, 0.3) is 0 Å². The molecule has 0 saturated heterocycles. The zero-order valence-electron chi connectivity index (χ0n) is 11.7. The largest absolute Gasteiger partial charge is 0.349 e. The van der Waals surface area contributed by atoms with E-state index in [2.05, 4.69) is 21.2 Å². The van der Waals surface area contributed by atoms with E-state index in [-0.39, 0.29) is 17.8 Å². The van der Waals surface area contributed by atoms with E-state index in [1.54, 1.807) is 18.2 Å². The van der Waals surface area contributed by atoms with Crippen molar-refractivity contribution in [2.24, 2.45) is 0 Å². The molecule has 2 unspecified atom stereocenters. The first-order valence-corrected chi connectivity index (χ1v) is 7.72. The van der Waals surface area contributed by atoms with E-state index in [0.29, 0.717) is 12.0 Å². The van der Waals surface area contributed by atoms with Crippen molar-refractivity contribution >= 4 is 21.8 Å². The number of carbonyl (C=O) groups is 1. The molecule has 4 heteroatoms. The number of carbonyl (C=O) groups excluding carboxylic acids is 1. The van der Waals surface area contributed by atoms with Crippen LogP contribution in [0.15, 0.2) is 54.6 Å². The van der Waals surface area contributed by atoms with Gasteiger partial charge in [-0.25, -0.2) is 4.39 Å². The molecular weight excluding hydrogens is 333 g/mol. The monoisotopic (exact) mass is 349 g/mol. The summed E-state index contributed by atoms with van der Waals surface area (Å²) in [7, 11) is 0. The molecule has 2 aromatic rings. The van der Waals surface area contributed by atoms with Crippen LogP contribution in [0.4, 0.5) is 4.39 Å². The smallest absolute Gasteiger partial charge is 0.234 e. The Balaban J connectivity index is 1.95. The Bertz CT molecular complexity index is 603. The van der Waals surface area contributed by atoms with Gasteiger partial charge in [0.2, 0.25) is 5.91 Å². The quantitative estimate of drug-likeness (QED) is 0.812. The summed E-state index contributed by atoms with van der Waals surface area (Å²) in [6.07, 6.45) is 0.319. The zero-order valence-corrected chi connectivity index (χ0v) is 13.3. The van der Waals surface area contributed by atoms with E-state index < -0.39 is 4.83 Å². The van der Waals surface area contributed by atoms with Crippen molar-refractivity contribution in [1.82, 2.24) is 5.32 Å². The van der Waals surface area contributed by atoms with Crippen LogP contribution in [0.3, 0.4) is 0 Å². The van der Waals surface area contributed by atoms with Crippen LogP contribution in [-0.4, -0.2) is 10.7 Å². The van der Waals surface area contributed by atoms with Crippen molar-refractivity contribution in [3.63, 3.8) is 0 Å². The van der Waals surface area contributed by atoms with Crippen LogP contribution >= 0.6 is 15.9 Å². The Morgan fingerprint density at radius 3 is 2.43 bits per heavy atom. The number of benzene rings is 2. The Morgan fingerprint density at radius 2 is 1.76 bits per heavy atom. The summed E-state index contributed by atoms with van der Waals surface area (Å²) in [6, 6.07) is 16.1. The minimum atomic E-state index is -0.458. The molecule has 1 amide bonds. The third-order valence-electron chi connectivity index (χ3n) is 3.30. The third-order valence-corrected chi connectivity index (χ3v) is 4.04. The van der Waals surface area contributed by atoms with Crippen LogP contribution in [-0.2, 0) is 11.2 Å². The lowest BCUT2D eigenvalue weighted by atomic mass is 10.1. The number of alkyl halides is 1. The summed E-state index contributed by atoms with van der Waals surface area (Å²) in [5.41, 5.74) is 1.57. The van der Waals surface area contributed by atoms with Gasteiger partial charge in [-0.05, 0) is 30.5 Å². The Morgan fingerprint density at radius 1 is 1.14 bits per heavy atom. The molecule has 0 spiro atoms. The standard InChI is InChI=1S/C17H17BrFNO/c1-12(13-7-3-2-4-8-13)20-17(21)15(18)11-14-9-5-6-10-16(14)19/h2-10,12,15H,11H2,1H3,(H,20,21). The van der Waals surface area contributed by atoms with Gasteiger partial charge in [0, 0.05) is 0 Å². The first-order chi connectivity index (χ1) is 10.1. The van der Waals surface area contributed by atoms with Gasteiger partial charge in [0.05, 0.1) is 10.9 Å². The average Bonchev–Trinajstić information content (AvgIpc) is 2.50. The van der Waals surface area contributed by atoms with Gasteiger partial charge in [0.15, 0.2) is 0 Å². The molecule has 2 aromatic carbocycles. The van der Waals surface area contributed by atoms with Crippen molar-refractivity contribution in [1.29, 1.82) is 0 Å². The van der Waals surface area contributed by atoms with E-state index in [0.717, 1.165) is 5.56 Å². The fourth-order valence-electron chi connectivity index (χ4n) is 2.08. The molecular formula is C17H17BrFNO. The van der Waals surface area contributed by atoms with Gasteiger partial charge >= 0.3 is 0 Å². The summed E-state index contributed by atoms with van der Waals surface area (Å²) in [5.74, 6) is -0.430. The van der Waals surface area contributed by atoms with Gasteiger partial charge < -0.3 is 5.32 Å². The highest BCUT2D eigenvalue weighted by atomic mass is 79.9. The second kappa shape index (κ2) is 7.36. The van der Waals surface area contributed by atoms with Gasteiger partial charge in [-0.15, -0.1) is 0 Å². The van der Waals surface area contributed by atoms with Crippen LogP contribution in [0.1, 0.15) is 24.1 Å². The number of amides is 1. The van der Waals surface area contributed by atoms with Gasteiger partial charge in [0.25, 0.3) is 0 Å². The summed E-state index contributed by atoms with van der Waals surface area (Å²) in [5, 5.41) is 2.93. The van der Waals surface area contributed by atoms with Gasteiger partial charge in [-0.1, -0.05) is 64.5 Å². The highest BCUT2D eigenvalue weighted by Gasteiger charge is 2.19. The van der Waals surface area contributed by atoms with E-state index in [1.165, 1.54) is 6.07 Å². The lowest BCUT2D eigenvalue weighted by Crippen LogP contribution is -2.34. The molecule has 110 valence electrons. The highest BCUT2D eigenvalue weighted by molar-refractivity contribution is 9.10. The maximum atomic E-state index is 13.6. The first kappa shape index (κ1) is 15.7. The normalized spacial score (nSPS) is 13.5. The summed E-state index contributed by atoms with van der Waals surface area (Å²) >= 11 is 3.34. The summed E-state index contributed by atoms with van der Waals surface area (Å²) in [4.78, 5) is 11.7. The first-order valence-electron chi connectivity index (χ1n) is 6.80. The molecule has 1 N–H and O–H groups in total. The fourth-order valence-corrected chi connectivity index (χ4v) is 2.56. The van der Waals surface area contributed by atoms with Crippen LogP contribution in [0, 0.1) is 5.82 Å². The van der Waals surface area contributed by atoms with Crippen molar-refractivity contribution in [2.75, 3.05) is 0 Å². The van der Waals surface area contributed by atoms with Crippen LogP contribution in [0.2, 0.25) is 0 Å². The molecule has 2 atom stereocenters. The predicted molar refractivity (Wildman–Crippen MR) is 85.8 cm³/mol. The molecule has 0 heterocycles. The molecule has 2 nitrogen and oxygen atoms in total. The predicted octanol–water partition coefficient (Wildman–Crippen LogP) is 4.01. The van der Waals surface area contributed by atoms with Crippen molar-refractivity contribution in [3.05, 3.63) is 71.5 Å². The fraction of sp³-hybridized carbons (Fsp3) is 0.235. The molecule has 2 rings (SSSR count). The number of hydrogen-bond acceptors (Lipinski definition) is 1.